The van der Waals surface area contributed by atoms with Gasteiger partial charge in [-0.1, -0.05) is 18.2 Å². The average molecular weight is 307 g/mol. The molecule has 0 bridgehead atoms. The molecule has 0 amide bonds. The molecule has 0 saturated heterocycles. The van der Waals surface area contributed by atoms with Crippen LogP contribution in [0.5, 0.6) is 0 Å². The fourth-order valence-electron chi connectivity index (χ4n) is 3.28. The molecule has 5 heteroatoms. The second-order valence-electron chi connectivity index (χ2n) is 6.48. The molecule has 1 atom stereocenters. The molecule has 0 aliphatic heterocycles. The van der Waals surface area contributed by atoms with Gasteiger partial charge in [-0.2, -0.15) is 15.4 Å². The molecule has 23 heavy (non-hydrogen) atoms. The first-order chi connectivity index (χ1) is 11.2. The molecule has 1 saturated carbocycles. The molecule has 3 aromatic rings. The normalized spacial score (nSPS) is 15.7. The number of aromatic amines is 2. The summed E-state index contributed by atoms with van der Waals surface area (Å²) in [5.41, 5.74) is 7.36. The predicted octanol–water partition coefficient (Wildman–Crippen LogP) is 3.40. The first-order valence-corrected chi connectivity index (χ1v) is 8.18. The molecule has 4 rings (SSSR count). The molecular formula is C18H21N5. The van der Waals surface area contributed by atoms with Crippen LogP contribution in [0.2, 0.25) is 0 Å². The quantitative estimate of drug-likeness (QED) is 0.759. The summed E-state index contributed by atoms with van der Waals surface area (Å²) in [4.78, 5) is 7.51. The van der Waals surface area contributed by atoms with E-state index >= 15 is 0 Å². The van der Waals surface area contributed by atoms with Gasteiger partial charge in [0.05, 0.1) is 17.7 Å². The molecule has 1 aliphatic carbocycles. The standard InChI is InChI=1S/C18H21N5/c1-11-4-3-5-14(12(11)2)15(17-9-19-10-20-17)8-16-18(13-6-7-13)22-23-21-16/h3-5,9-10,13,15H,6-8H2,1-2H3,(H,19,20)(H,21,22,23). The van der Waals surface area contributed by atoms with Crippen molar-refractivity contribution in [2.75, 3.05) is 0 Å². The van der Waals surface area contributed by atoms with Gasteiger partial charge in [-0.25, -0.2) is 4.98 Å². The lowest BCUT2D eigenvalue weighted by Crippen LogP contribution is -2.09. The smallest absolute Gasteiger partial charge is 0.0921 e. The van der Waals surface area contributed by atoms with E-state index < -0.39 is 0 Å². The van der Waals surface area contributed by atoms with E-state index in [-0.39, 0.29) is 5.92 Å². The summed E-state index contributed by atoms with van der Waals surface area (Å²) in [7, 11) is 0. The van der Waals surface area contributed by atoms with E-state index in [0.717, 1.165) is 23.5 Å². The van der Waals surface area contributed by atoms with Crippen molar-refractivity contribution in [2.45, 2.75) is 44.9 Å². The number of hydrogen-bond donors (Lipinski definition) is 2. The fraction of sp³-hybridized carbons (Fsp3) is 0.389. The van der Waals surface area contributed by atoms with Crippen molar-refractivity contribution < 1.29 is 0 Å². The highest BCUT2D eigenvalue weighted by Crippen LogP contribution is 2.41. The minimum absolute atomic E-state index is 0.222. The third kappa shape index (κ3) is 2.67. The van der Waals surface area contributed by atoms with Gasteiger partial charge in [-0.15, -0.1) is 0 Å². The fourth-order valence-corrected chi connectivity index (χ4v) is 3.28. The number of rotatable bonds is 5. The number of nitrogens with one attached hydrogen (secondary N) is 2. The van der Waals surface area contributed by atoms with Crippen molar-refractivity contribution in [3.8, 4) is 0 Å². The van der Waals surface area contributed by atoms with E-state index in [1.165, 1.54) is 29.5 Å². The SMILES string of the molecule is Cc1cccc(C(Cc2n[nH]nc2C2CC2)c2cnc[nH]2)c1C. The van der Waals surface area contributed by atoms with Gasteiger partial charge in [0.2, 0.25) is 0 Å². The number of aromatic nitrogens is 5. The minimum Gasteiger partial charge on any atom is -0.348 e. The number of H-pyrrole nitrogens is 2. The largest absolute Gasteiger partial charge is 0.348 e. The Morgan fingerprint density at radius 2 is 2.09 bits per heavy atom. The molecule has 5 nitrogen and oxygen atoms in total. The Morgan fingerprint density at radius 3 is 2.83 bits per heavy atom. The Labute approximate surface area is 135 Å². The van der Waals surface area contributed by atoms with Crippen molar-refractivity contribution in [1.29, 1.82) is 0 Å². The van der Waals surface area contributed by atoms with Crippen LogP contribution in [0.1, 0.15) is 58.4 Å². The second-order valence-corrected chi connectivity index (χ2v) is 6.48. The van der Waals surface area contributed by atoms with Gasteiger partial charge in [0.15, 0.2) is 0 Å². The van der Waals surface area contributed by atoms with Crippen LogP contribution in [0.3, 0.4) is 0 Å². The first kappa shape index (κ1) is 14.2. The molecule has 2 N–H and O–H groups in total. The molecule has 1 fully saturated rings. The summed E-state index contributed by atoms with van der Waals surface area (Å²) in [5.74, 6) is 0.824. The van der Waals surface area contributed by atoms with Crippen LogP contribution in [0, 0.1) is 13.8 Å². The number of hydrogen-bond acceptors (Lipinski definition) is 3. The lowest BCUT2D eigenvalue weighted by molar-refractivity contribution is 0.743. The summed E-state index contributed by atoms with van der Waals surface area (Å²) < 4.78 is 0. The Hall–Kier alpha value is -2.43. The average Bonchev–Trinajstić information content (AvgIpc) is 3.06. The Kier molecular flexibility index (Phi) is 3.48. The summed E-state index contributed by atoms with van der Waals surface area (Å²) in [6, 6.07) is 6.50. The lowest BCUT2D eigenvalue weighted by atomic mass is 9.86. The van der Waals surface area contributed by atoms with Gasteiger partial charge in [0, 0.05) is 30.1 Å². The van der Waals surface area contributed by atoms with Crippen LogP contribution < -0.4 is 0 Å². The topological polar surface area (TPSA) is 70.2 Å². The number of benzene rings is 1. The van der Waals surface area contributed by atoms with Crippen LogP contribution in [0.25, 0.3) is 0 Å². The zero-order valence-corrected chi connectivity index (χ0v) is 13.5. The van der Waals surface area contributed by atoms with Crippen molar-refractivity contribution in [1.82, 2.24) is 25.4 Å². The maximum atomic E-state index is 4.43. The summed E-state index contributed by atoms with van der Waals surface area (Å²) in [5, 5.41) is 11.6. The molecule has 2 heterocycles. The monoisotopic (exact) mass is 307 g/mol. The highest BCUT2D eigenvalue weighted by atomic mass is 15.3. The van der Waals surface area contributed by atoms with Crippen molar-refractivity contribution >= 4 is 0 Å². The Balaban J connectivity index is 1.74. The molecular weight excluding hydrogens is 286 g/mol. The molecule has 0 radical (unpaired) electrons. The highest BCUT2D eigenvalue weighted by molar-refractivity contribution is 5.40. The summed E-state index contributed by atoms with van der Waals surface area (Å²) in [6.07, 6.45) is 6.98. The summed E-state index contributed by atoms with van der Waals surface area (Å²) >= 11 is 0. The highest BCUT2D eigenvalue weighted by Gasteiger charge is 2.31. The van der Waals surface area contributed by atoms with Gasteiger partial charge in [0.25, 0.3) is 0 Å². The van der Waals surface area contributed by atoms with Crippen LogP contribution in [-0.4, -0.2) is 25.4 Å². The van der Waals surface area contributed by atoms with Gasteiger partial charge in [0.1, 0.15) is 0 Å². The first-order valence-electron chi connectivity index (χ1n) is 8.18. The Bertz CT molecular complexity index is 799. The van der Waals surface area contributed by atoms with E-state index in [2.05, 4.69) is 57.4 Å². The minimum atomic E-state index is 0.222. The zero-order chi connectivity index (χ0) is 15.8. The molecule has 1 aromatic carbocycles. The van der Waals surface area contributed by atoms with Crippen molar-refractivity contribution in [2.24, 2.45) is 0 Å². The summed E-state index contributed by atoms with van der Waals surface area (Å²) in [6.45, 7) is 4.35. The molecule has 0 spiro atoms. The maximum Gasteiger partial charge on any atom is 0.0921 e. The van der Waals surface area contributed by atoms with Gasteiger partial charge >= 0.3 is 0 Å². The van der Waals surface area contributed by atoms with Crippen LogP contribution >= 0.6 is 0 Å². The lowest BCUT2D eigenvalue weighted by Gasteiger charge is -2.19. The molecule has 118 valence electrons. The zero-order valence-electron chi connectivity index (χ0n) is 13.5. The number of imidazole rings is 1. The van der Waals surface area contributed by atoms with Crippen LogP contribution in [0.4, 0.5) is 0 Å². The second kappa shape index (κ2) is 5.65. The predicted molar refractivity (Wildman–Crippen MR) is 88.4 cm³/mol. The van der Waals surface area contributed by atoms with E-state index in [0.29, 0.717) is 5.92 Å². The Morgan fingerprint density at radius 1 is 1.22 bits per heavy atom. The molecule has 2 aromatic heterocycles. The van der Waals surface area contributed by atoms with Gasteiger partial charge in [-0.3, -0.25) is 0 Å². The van der Waals surface area contributed by atoms with Crippen LogP contribution in [0.15, 0.2) is 30.7 Å². The van der Waals surface area contributed by atoms with E-state index in [4.69, 9.17) is 0 Å². The van der Waals surface area contributed by atoms with E-state index in [1.54, 1.807) is 6.33 Å². The van der Waals surface area contributed by atoms with Gasteiger partial charge < -0.3 is 4.98 Å². The molecule has 1 aliphatic rings. The van der Waals surface area contributed by atoms with Crippen molar-refractivity contribution in [3.05, 3.63) is 64.5 Å². The van der Waals surface area contributed by atoms with E-state index in [1.807, 2.05) is 6.20 Å². The third-order valence-corrected chi connectivity index (χ3v) is 4.93. The van der Waals surface area contributed by atoms with Crippen molar-refractivity contribution in [3.63, 3.8) is 0 Å². The van der Waals surface area contributed by atoms with E-state index in [9.17, 15) is 0 Å². The molecule has 1 unspecified atom stereocenters. The third-order valence-electron chi connectivity index (χ3n) is 4.93. The number of nitrogens with zero attached hydrogens (tertiary/aromatic N) is 3. The van der Waals surface area contributed by atoms with Crippen LogP contribution in [-0.2, 0) is 6.42 Å². The maximum absolute atomic E-state index is 4.43. The number of aryl methyl sites for hydroxylation is 1. The van der Waals surface area contributed by atoms with Gasteiger partial charge in [-0.05, 0) is 43.4 Å².